The fourth-order valence-electron chi connectivity index (χ4n) is 5.68. The number of nitrogens with zero attached hydrogens (tertiary/aromatic N) is 5. The maximum Gasteiger partial charge on any atom is 0.435 e. The zero-order chi connectivity index (χ0) is 36.7. The number of thioether (sulfide) groups is 1. The van der Waals surface area contributed by atoms with Gasteiger partial charge in [0.05, 0.1) is 27.9 Å². The summed E-state index contributed by atoms with van der Waals surface area (Å²) in [7, 11) is 0. The topological polar surface area (TPSA) is 212 Å². The number of nitro groups is 2. The van der Waals surface area contributed by atoms with Gasteiger partial charge in [0, 0.05) is 49.0 Å². The Bertz CT molecular complexity index is 1710. The van der Waals surface area contributed by atoms with Crippen LogP contribution in [0.3, 0.4) is 0 Å². The van der Waals surface area contributed by atoms with Crippen LogP contribution in [0.15, 0.2) is 64.8 Å². The number of aliphatic imine (C=N–C) groups is 1. The van der Waals surface area contributed by atoms with E-state index in [0.29, 0.717) is 42.0 Å². The van der Waals surface area contributed by atoms with Crippen molar-refractivity contribution >= 4 is 52.1 Å². The number of β-lactam (4-membered cyclic amide) rings is 1. The number of allylic oxidation sites excluding steroid dienone is 1. The molecule has 4 atom stereocenters. The van der Waals surface area contributed by atoms with Gasteiger partial charge in [-0.2, -0.15) is 4.99 Å². The number of ether oxygens (including phenoxy) is 2. The SMILES string of the molecule is CC(=NC(=O)OCc1ccc([N+](=O)[O-])cc1)N1CCC(SC(=O)C[C@@H]2[C@@H]([C@@H](C)O)C(=O)N2C(C(=O)OCc2ccc([N+](=O)[O-])cc2)=C(C)C)C1. The molecule has 0 bridgehead atoms. The number of esters is 1. The summed E-state index contributed by atoms with van der Waals surface area (Å²) in [6, 6.07) is 10.3. The van der Waals surface area contributed by atoms with Crippen molar-refractivity contribution < 1.29 is 43.6 Å². The lowest BCUT2D eigenvalue weighted by Gasteiger charge is -2.48. The molecule has 266 valence electrons. The van der Waals surface area contributed by atoms with Crippen molar-refractivity contribution in [1.82, 2.24) is 9.80 Å². The van der Waals surface area contributed by atoms with Crippen molar-refractivity contribution in [1.29, 1.82) is 0 Å². The number of hydrogen-bond acceptors (Lipinski definition) is 12. The third-order valence-corrected chi connectivity index (χ3v) is 9.40. The Kier molecular flexibility index (Phi) is 12.4. The molecule has 50 heavy (non-hydrogen) atoms. The number of hydrogen-bond donors (Lipinski definition) is 1. The summed E-state index contributed by atoms with van der Waals surface area (Å²) in [6.45, 7) is 6.99. The van der Waals surface area contributed by atoms with Crippen LogP contribution in [-0.4, -0.2) is 84.2 Å². The van der Waals surface area contributed by atoms with Crippen LogP contribution in [0.25, 0.3) is 0 Å². The first-order chi connectivity index (χ1) is 23.7. The number of nitro benzene ring substituents is 2. The Morgan fingerprint density at radius 1 is 0.960 bits per heavy atom. The number of carbonyl (C=O) groups excluding carboxylic acids is 4. The van der Waals surface area contributed by atoms with Gasteiger partial charge in [0.25, 0.3) is 11.4 Å². The molecule has 17 heteroatoms. The molecule has 2 saturated heterocycles. The van der Waals surface area contributed by atoms with Gasteiger partial charge in [-0.15, -0.1) is 0 Å². The molecule has 0 spiro atoms. The van der Waals surface area contributed by atoms with Gasteiger partial charge in [-0.3, -0.25) is 29.8 Å². The van der Waals surface area contributed by atoms with Crippen molar-refractivity contribution in [3.05, 3.63) is 91.2 Å². The molecular formula is C33H37N5O11S. The molecule has 16 nitrogen and oxygen atoms in total. The van der Waals surface area contributed by atoms with Crippen molar-refractivity contribution in [3.8, 4) is 0 Å². The predicted octanol–water partition coefficient (Wildman–Crippen LogP) is 4.53. The van der Waals surface area contributed by atoms with Gasteiger partial charge >= 0.3 is 12.1 Å². The second-order valence-electron chi connectivity index (χ2n) is 12.1. The molecule has 4 rings (SSSR count). The average Bonchev–Trinajstić information content (AvgIpc) is 3.53. The normalized spacial score (nSPS) is 19.3. The Morgan fingerprint density at radius 2 is 1.50 bits per heavy atom. The molecule has 2 fully saturated rings. The summed E-state index contributed by atoms with van der Waals surface area (Å²) < 4.78 is 10.6. The molecule has 1 unspecified atom stereocenters. The van der Waals surface area contributed by atoms with Gasteiger partial charge in [-0.05, 0) is 75.1 Å². The number of amides is 2. The number of amidine groups is 1. The van der Waals surface area contributed by atoms with Crippen LogP contribution in [0.5, 0.6) is 0 Å². The number of benzene rings is 2. The molecule has 2 amide bonds. The van der Waals surface area contributed by atoms with Gasteiger partial charge < -0.3 is 24.4 Å². The summed E-state index contributed by atoms with van der Waals surface area (Å²) in [4.78, 5) is 79.7. The second kappa shape index (κ2) is 16.5. The van der Waals surface area contributed by atoms with E-state index in [1.54, 1.807) is 20.8 Å². The van der Waals surface area contributed by atoms with Gasteiger partial charge in [0.2, 0.25) is 5.91 Å². The monoisotopic (exact) mass is 711 g/mol. The number of rotatable bonds is 12. The number of aliphatic hydroxyl groups is 1. The largest absolute Gasteiger partial charge is 0.456 e. The standard InChI is InChI=1S/C33H37N5O11S/c1-19(2)30(32(42)48-17-22-5-9-24(10-6-22)37(44)45)36-27(29(20(3)39)31(36)41)15-28(40)50-26-13-14-35(16-26)21(4)34-33(43)49-18-23-7-11-25(12-8-23)38(46)47/h5-12,20,26-27,29,39H,13-18H2,1-4H3/t20-,26?,27-,29-/m1/s1. The molecule has 0 aromatic heterocycles. The molecular weight excluding hydrogens is 674 g/mol. The summed E-state index contributed by atoms with van der Waals surface area (Å²) >= 11 is 1.09. The van der Waals surface area contributed by atoms with E-state index in [1.807, 2.05) is 4.90 Å². The van der Waals surface area contributed by atoms with Gasteiger partial charge in [0.1, 0.15) is 24.7 Å². The van der Waals surface area contributed by atoms with E-state index >= 15 is 0 Å². The smallest absolute Gasteiger partial charge is 0.435 e. The van der Waals surface area contributed by atoms with Crippen LogP contribution in [0, 0.1) is 26.1 Å². The Morgan fingerprint density at radius 3 is 2.00 bits per heavy atom. The van der Waals surface area contributed by atoms with Crippen LogP contribution in [0.1, 0.15) is 51.7 Å². The number of carbonyl (C=O) groups is 4. The van der Waals surface area contributed by atoms with Crippen molar-refractivity contribution in [3.63, 3.8) is 0 Å². The molecule has 0 aliphatic carbocycles. The fraction of sp³-hybridized carbons (Fsp3) is 0.424. The van der Waals surface area contributed by atoms with Crippen molar-refractivity contribution in [2.75, 3.05) is 13.1 Å². The van der Waals surface area contributed by atoms with Gasteiger partial charge in [-0.25, -0.2) is 9.59 Å². The molecule has 2 aromatic carbocycles. The van der Waals surface area contributed by atoms with E-state index in [9.17, 15) is 44.5 Å². The maximum atomic E-state index is 13.3. The molecule has 2 aliphatic heterocycles. The molecule has 2 aliphatic rings. The van der Waals surface area contributed by atoms with E-state index in [0.717, 1.165) is 11.8 Å². The van der Waals surface area contributed by atoms with Crippen LogP contribution in [0.4, 0.5) is 16.2 Å². The fourth-order valence-corrected chi connectivity index (χ4v) is 6.80. The molecule has 0 saturated carbocycles. The van der Waals surface area contributed by atoms with Crippen molar-refractivity contribution in [2.24, 2.45) is 10.9 Å². The zero-order valence-corrected chi connectivity index (χ0v) is 28.7. The highest BCUT2D eigenvalue weighted by atomic mass is 32.2. The Balaban J connectivity index is 1.32. The lowest BCUT2D eigenvalue weighted by atomic mass is 9.80. The van der Waals surface area contributed by atoms with Gasteiger partial charge in [0.15, 0.2) is 5.12 Å². The second-order valence-corrected chi connectivity index (χ2v) is 13.4. The number of aliphatic hydroxyl groups excluding tert-OH is 1. The Hall–Kier alpha value is -5.16. The Labute approximate surface area is 291 Å². The maximum absolute atomic E-state index is 13.3. The van der Waals surface area contributed by atoms with Gasteiger partial charge in [-0.1, -0.05) is 11.8 Å². The molecule has 2 aromatic rings. The van der Waals surface area contributed by atoms with Crippen molar-refractivity contribution in [2.45, 2.75) is 71.1 Å². The van der Waals surface area contributed by atoms with E-state index in [1.165, 1.54) is 60.4 Å². The van der Waals surface area contributed by atoms with Crippen LogP contribution in [-0.2, 0) is 37.1 Å². The minimum atomic E-state index is -1.07. The van der Waals surface area contributed by atoms with E-state index in [2.05, 4.69) is 4.99 Å². The minimum Gasteiger partial charge on any atom is -0.456 e. The molecule has 2 heterocycles. The first-order valence-corrected chi connectivity index (χ1v) is 16.5. The lowest BCUT2D eigenvalue weighted by Crippen LogP contribution is -2.65. The summed E-state index contributed by atoms with van der Waals surface area (Å²) in [5.41, 5.74) is 1.31. The van der Waals surface area contributed by atoms with E-state index in [-0.39, 0.29) is 47.1 Å². The first kappa shape index (κ1) is 37.7. The van der Waals surface area contributed by atoms with Crippen LogP contribution >= 0.6 is 11.8 Å². The summed E-state index contributed by atoms with van der Waals surface area (Å²) in [5.74, 6) is -1.81. The number of non-ortho nitro benzene ring substituents is 2. The quantitative estimate of drug-likeness (QED) is 0.0611. The highest BCUT2D eigenvalue weighted by Gasteiger charge is 2.53. The third kappa shape index (κ3) is 9.29. The predicted molar refractivity (Wildman–Crippen MR) is 181 cm³/mol. The molecule has 1 N–H and O–H groups in total. The van der Waals surface area contributed by atoms with E-state index < -0.39 is 45.9 Å². The summed E-state index contributed by atoms with van der Waals surface area (Å²) in [5, 5.41) is 31.7. The average molecular weight is 712 g/mol. The lowest BCUT2D eigenvalue weighted by molar-refractivity contribution is -0.385. The minimum absolute atomic E-state index is 0.0315. The number of likely N-dealkylation sites (tertiary alicyclic amines) is 2. The molecule has 0 radical (unpaired) electrons. The highest BCUT2D eigenvalue weighted by molar-refractivity contribution is 8.14. The highest BCUT2D eigenvalue weighted by Crippen LogP contribution is 2.39. The van der Waals surface area contributed by atoms with E-state index in [4.69, 9.17) is 9.47 Å². The van der Waals surface area contributed by atoms with Crippen LogP contribution < -0.4 is 0 Å². The first-order valence-electron chi connectivity index (χ1n) is 15.6. The zero-order valence-electron chi connectivity index (χ0n) is 27.8. The third-order valence-electron chi connectivity index (χ3n) is 8.25. The van der Waals surface area contributed by atoms with Crippen LogP contribution in [0.2, 0.25) is 0 Å². The summed E-state index contributed by atoms with van der Waals surface area (Å²) in [6.07, 6.45) is -1.41.